The van der Waals surface area contributed by atoms with Gasteiger partial charge in [-0.2, -0.15) is 0 Å². The van der Waals surface area contributed by atoms with E-state index in [2.05, 4.69) is 10.9 Å². The Kier molecular flexibility index (Phi) is 5.47. The summed E-state index contributed by atoms with van der Waals surface area (Å²) in [5, 5.41) is 0. The maximum atomic E-state index is 12.6. The zero-order valence-corrected chi connectivity index (χ0v) is 16.1. The molecule has 0 saturated heterocycles. The number of nitrogens with zero attached hydrogens (tertiary/aromatic N) is 2. The normalized spacial score (nSPS) is 12.7. The van der Waals surface area contributed by atoms with E-state index < -0.39 is 11.8 Å². The molecular weight excluding hydrogens is 384 g/mol. The van der Waals surface area contributed by atoms with Crippen molar-refractivity contribution in [3.63, 3.8) is 0 Å². The smallest absolute Gasteiger partial charge is 0.271 e. The largest absolute Gasteiger partial charge is 0.482 e. The van der Waals surface area contributed by atoms with Gasteiger partial charge in [0.1, 0.15) is 5.75 Å². The van der Waals surface area contributed by atoms with E-state index in [4.69, 9.17) is 4.74 Å². The molecule has 1 aromatic heterocycles. The number of nitrogens with one attached hydrogen (secondary N) is 2. The molecule has 1 aliphatic heterocycles. The van der Waals surface area contributed by atoms with E-state index in [1.165, 1.54) is 4.90 Å². The van der Waals surface area contributed by atoms with Crippen LogP contribution in [-0.2, 0) is 9.59 Å². The lowest BCUT2D eigenvalue weighted by Crippen LogP contribution is -2.45. The number of ether oxygens (including phenoxy) is 1. The standard InChI is InChI=1S/C22H20N4O4/c27-20(11-14-26-18-9-3-4-10-19(18)30-15-21(26)28)23-24-22(29)16-7-1-2-8-17(16)25-12-5-6-13-25/h1-10,12-13H,11,14-15H2,(H,23,27)(H,24,29). The highest BCUT2D eigenvalue weighted by atomic mass is 16.5. The van der Waals surface area contributed by atoms with Gasteiger partial charge in [0, 0.05) is 25.4 Å². The maximum absolute atomic E-state index is 12.6. The van der Waals surface area contributed by atoms with Crippen molar-refractivity contribution in [2.75, 3.05) is 18.1 Å². The molecule has 0 saturated carbocycles. The molecule has 8 nitrogen and oxygen atoms in total. The van der Waals surface area contributed by atoms with Crippen molar-refractivity contribution in [2.45, 2.75) is 6.42 Å². The summed E-state index contributed by atoms with van der Waals surface area (Å²) >= 11 is 0. The first-order valence-electron chi connectivity index (χ1n) is 9.47. The summed E-state index contributed by atoms with van der Waals surface area (Å²) in [7, 11) is 0. The summed E-state index contributed by atoms with van der Waals surface area (Å²) in [5.41, 5.74) is 6.61. The third-order valence-corrected chi connectivity index (χ3v) is 4.72. The highest BCUT2D eigenvalue weighted by molar-refractivity contribution is 5.99. The van der Waals surface area contributed by atoms with Gasteiger partial charge in [0.15, 0.2) is 6.61 Å². The Bertz CT molecular complexity index is 1080. The minimum Gasteiger partial charge on any atom is -0.482 e. The number of carbonyl (C=O) groups excluding carboxylic acids is 3. The molecule has 30 heavy (non-hydrogen) atoms. The number of rotatable bonds is 5. The zero-order valence-electron chi connectivity index (χ0n) is 16.1. The first-order valence-corrected chi connectivity index (χ1v) is 9.47. The molecule has 2 N–H and O–H groups in total. The quantitative estimate of drug-likeness (QED) is 0.637. The Morgan fingerprint density at radius 2 is 1.60 bits per heavy atom. The monoisotopic (exact) mass is 404 g/mol. The second-order valence-corrected chi connectivity index (χ2v) is 6.66. The Morgan fingerprint density at radius 1 is 0.900 bits per heavy atom. The molecule has 152 valence electrons. The molecule has 0 radical (unpaired) electrons. The van der Waals surface area contributed by atoms with E-state index in [0.717, 1.165) is 0 Å². The van der Waals surface area contributed by atoms with E-state index in [9.17, 15) is 14.4 Å². The van der Waals surface area contributed by atoms with Gasteiger partial charge in [0.25, 0.3) is 11.8 Å². The molecule has 0 fully saturated rings. The van der Waals surface area contributed by atoms with Crippen LogP contribution in [0.1, 0.15) is 16.8 Å². The molecule has 3 amide bonds. The number of anilines is 1. The van der Waals surface area contributed by atoms with E-state index >= 15 is 0 Å². The highest BCUT2D eigenvalue weighted by Crippen LogP contribution is 2.31. The van der Waals surface area contributed by atoms with Gasteiger partial charge in [-0.15, -0.1) is 0 Å². The van der Waals surface area contributed by atoms with Crippen LogP contribution >= 0.6 is 0 Å². The second kappa shape index (κ2) is 8.52. The number of amides is 3. The number of fused-ring (bicyclic) bond motifs is 1. The number of hydrazine groups is 1. The molecule has 2 aromatic carbocycles. The van der Waals surface area contributed by atoms with Gasteiger partial charge >= 0.3 is 0 Å². The highest BCUT2D eigenvalue weighted by Gasteiger charge is 2.25. The van der Waals surface area contributed by atoms with Gasteiger partial charge in [-0.25, -0.2) is 0 Å². The van der Waals surface area contributed by atoms with Gasteiger partial charge in [0.05, 0.1) is 16.9 Å². The fourth-order valence-corrected chi connectivity index (χ4v) is 3.25. The van der Waals surface area contributed by atoms with Crippen LogP contribution in [0.15, 0.2) is 73.1 Å². The fraction of sp³-hybridized carbons (Fsp3) is 0.136. The van der Waals surface area contributed by atoms with Crippen molar-refractivity contribution in [1.29, 1.82) is 0 Å². The second-order valence-electron chi connectivity index (χ2n) is 6.66. The van der Waals surface area contributed by atoms with Gasteiger partial charge in [0.2, 0.25) is 5.91 Å². The lowest BCUT2D eigenvalue weighted by Gasteiger charge is -2.29. The predicted molar refractivity (Wildman–Crippen MR) is 110 cm³/mol. The first-order chi connectivity index (χ1) is 14.6. The Hall–Kier alpha value is -4.07. The molecule has 0 atom stereocenters. The van der Waals surface area contributed by atoms with Gasteiger partial charge in [-0.3, -0.25) is 25.2 Å². The van der Waals surface area contributed by atoms with E-state index in [1.54, 1.807) is 30.3 Å². The van der Waals surface area contributed by atoms with Crippen LogP contribution in [0, 0.1) is 0 Å². The lowest BCUT2D eigenvalue weighted by atomic mass is 10.1. The van der Waals surface area contributed by atoms with Crippen LogP contribution < -0.4 is 20.5 Å². The predicted octanol–water partition coefficient (Wildman–Crippen LogP) is 2.05. The molecule has 2 heterocycles. The summed E-state index contributed by atoms with van der Waals surface area (Å²) in [6.45, 7) is 0.117. The number of carbonyl (C=O) groups is 3. The Morgan fingerprint density at radius 3 is 2.40 bits per heavy atom. The van der Waals surface area contributed by atoms with Crippen LogP contribution in [0.3, 0.4) is 0 Å². The fourth-order valence-electron chi connectivity index (χ4n) is 3.25. The van der Waals surface area contributed by atoms with Crippen molar-refractivity contribution < 1.29 is 19.1 Å². The van der Waals surface area contributed by atoms with Crippen molar-refractivity contribution in [3.8, 4) is 11.4 Å². The topological polar surface area (TPSA) is 92.7 Å². The molecule has 0 unspecified atom stereocenters. The summed E-state index contributed by atoms with van der Waals surface area (Å²) in [6, 6.07) is 18.0. The molecule has 0 spiro atoms. The minimum absolute atomic E-state index is 0.0274. The molecule has 3 aromatic rings. The maximum Gasteiger partial charge on any atom is 0.271 e. The molecular formula is C22H20N4O4. The molecule has 8 heteroatoms. The van der Waals surface area contributed by atoms with Crippen molar-refractivity contribution in [3.05, 3.63) is 78.6 Å². The molecule has 4 rings (SSSR count). The van der Waals surface area contributed by atoms with Crippen LogP contribution in [0.2, 0.25) is 0 Å². The van der Waals surface area contributed by atoms with Crippen molar-refractivity contribution in [2.24, 2.45) is 0 Å². The summed E-state index contributed by atoms with van der Waals surface area (Å²) < 4.78 is 7.21. The SMILES string of the molecule is O=C(CCN1C(=O)COc2ccccc21)NNC(=O)c1ccccc1-n1cccc1. The Labute approximate surface area is 173 Å². The number of para-hydroxylation sites is 3. The number of hydrogen-bond acceptors (Lipinski definition) is 4. The molecule has 0 aliphatic carbocycles. The van der Waals surface area contributed by atoms with Gasteiger partial charge in [-0.05, 0) is 36.4 Å². The Balaban J connectivity index is 1.35. The third kappa shape index (κ3) is 4.02. The minimum atomic E-state index is -0.430. The average molecular weight is 404 g/mol. The first kappa shape index (κ1) is 19.3. The van der Waals surface area contributed by atoms with E-state index in [-0.39, 0.29) is 25.5 Å². The van der Waals surface area contributed by atoms with E-state index in [1.807, 2.05) is 47.3 Å². The van der Waals surface area contributed by atoms with Crippen LogP contribution in [-0.4, -0.2) is 35.4 Å². The van der Waals surface area contributed by atoms with Crippen molar-refractivity contribution >= 4 is 23.4 Å². The number of benzene rings is 2. The molecule has 1 aliphatic rings. The van der Waals surface area contributed by atoms with Gasteiger partial charge in [-0.1, -0.05) is 24.3 Å². The summed E-state index contributed by atoms with van der Waals surface area (Å²) in [5.74, 6) is -0.447. The summed E-state index contributed by atoms with van der Waals surface area (Å²) in [6.07, 6.45) is 3.70. The van der Waals surface area contributed by atoms with Crippen LogP contribution in [0.5, 0.6) is 5.75 Å². The molecule has 0 bridgehead atoms. The third-order valence-electron chi connectivity index (χ3n) is 4.72. The number of hydrogen-bond donors (Lipinski definition) is 2. The zero-order chi connectivity index (χ0) is 20.9. The average Bonchev–Trinajstić information content (AvgIpc) is 3.31. The van der Waals surface area contributed by atoms with Gasteiger partial charge < -0.3 is 14.2 Å². The lowest BCUT2D eigenvalue weighted by molar-refractivity contribution is -0.122. The summed E-state index contributed by atoms with van der Waals surface area (Å²) in [4.78, 5) is 38.5. The van der Waals surface area contributed by atoms with Crippen LogP contribution in [0.25, 0.3) is 5.69 Å². The van der Waals surface area contributed by atoms with E-state index in [0.29, 0.717) is 22.7 Å². The number of aromatic nitrogens is 1. The van der Waals surface area contributed by atoms with Crippen LogP contribution in [0.4, 0.5) is 5.69 Å². The van der Waals surface area contributed by atoms with Crippen molar-refractivity contribution in [1.82, 2.24) is 15.4 Å².